The van der Waals surface area contributed by atoms with E-state index in [1.54, 1.807) is 11.3 Å². The topological polar surface area (TPSA) is 80.0 Å². The zero-order valence-corrected chi connectivity index (χ0v) is 18.9. The minimum absolute atomic E-state index is 0.819. The second-order valence-corrected chi connectivity index (χ2v) is 7.51. The summed E-state index contributed by atoms with van der Waals surface area (Å²) in [6.45, 7) is 12.0. The fourth-order valence-electron chi connectivity index (χ4n) is 2.88. The predicted octanol–water partition coefficient (Wildman–Crippen LogP) is 5.17. The Morgan fingerprint density at radius 2 is 1.83 bits per heavy atom. The summed E-state index contributed by atoms with van der Waals surface area (Å²) in [5, 5.41) is 4.23. The van der Waals surface area contributed by atoms with E-state index in [0.717, 1.165) is 65.0 Å². The molecule has 0 saturated carbocycles. The number of hydrogen-bond acceptors (Lipinski definition) is 7. The van der Waals surface area contributed by atoms with Crippen LogP contribution in [0.3, 0.4) is 0 Å². The van der Waals surface area contributed by atoms with Crippen LogP contribution in [0.25, 0.3) is 20.8 Å². The van der Waals surface area contributed by atoms with Crippen LogP contribution in [0.15, 0.2) is 30.6 Å². The van der Waals surface area contributed by atoms with E-state index in [4.69, 9.17) is 5.73 Å². The van der Waals surface area contributed by atoms with Gasteiger partial charge in [-0.15, -0.1) is 11.3 Å². The van der Waals surface area contributed by atoms with Gasteiger partial charge in [-0.05, 0) is 50.9 Å². The predicted molar refractivity (Wildman–Crippen MR) is 127 cm³/mol. The molecule has 0 aromatic carbocycles. The summed E-state index contributed by atoms with van der Waals surface area (Å²) < 4.78 is 1.15. The van der Waals surface area contributed by atoms with Gasteiger partial charge in [-0.25, -0.2) is 15.0 Å². The first-order valence-corrected chi connectivity index (χ1v) is 11.5. The Hall–Kier alpha value is -2.25. The summed E-state index contributed by atoms with van der Waals surface area (Å²) in [5.41, 5.74) is 7.04. The number of rotatable bonds is 5. The standard InChI is InChI=1S/C17H19N5S.C3H9N.C2H6/c1-2-18-15-9-14-13(11-19-15)21-17(23-14)12-5-6-16(20-10-12)22-7-3-4-8-22;1-2-3-4;1-2/h5-6,9-11H,2-4,7-8H2,1H3,(H,18,19);2-4H2,1H3;1-2H3. The van der Waals surface area contributed by atoms with Crippen LogP contribution in [0.1, 0.15) is 47.0 Å². The Morgan fingerprint density at radius 1 is 1.10 bits per heavy atom. The van der Waals surface area contributed by atoms with E-state index in [-0.39, 0.29) is 0 Å². The van der Waals surface area contributed by atoms with Crippen molar-refractivity contribution in [3.8, 4) is 10.6 Å². The van der Waals surface area contributed by atoms with Crippen LogP contribution in [-0.2, 0) is 0 Å². The maximum atomic E-state index is 5.03. The van der Waals surface area contributed by atoms with E-state index in [1.165, 1.54) is 12.8 Å². The summed E-state index contributed by atoms with van der Waals surface area (Å²) in [5.74, 6) is 1.97. The van der Waals surface area contributed by atoms with E-state index in [0.29, 0.717) is 0 Å². The van der Waals surface area contributed by atoms with Crippen LogP contribution in [0, 0.1) is 0 Å². The smallest absolute Gasteiger partial charge is 0.128 e. The average Bonchev–Trinajstić information content (AvgIpc) is 3.45. The molecule has 29 heavy (non-hydrogen) atoms. The van der Waals surface area contributed by atoms with Gasteiger partial charge >= 0.3 is 0 Å². The first-order valence-electron chi connectivity index (χ1n) is 10.7. The maximum Gasteiger partial charge on any atom is 0.128 e. The third-order valence-electron chi connectivity index (χ3n) is 4.35. The molecule has 1 fully saturated rings. The van der Waals surface area contributed by atoms with Gasteiger partial charge in [-0.3, -0.25) is 0 Å². The molecule has 3 aromatic heterocycles. The normalized spacial score (nSPS) is 12.8. The second kappa shape index (κ2) is 12.3. The molecule has 0 unspecified atom stereocenters. The zero-order chi connectivity index (χ0) is 21.1. The number of nitrogens with two attached hydrogens (primary N) is 1. The lowest BCUT2D eigenvalue weighted by molar-refractivity contribution is 0.932. The van der Waals surface area contributed by atoms with E-state index < -0.39 is 0 Å². The zero-order valence-electron chi connectivity index (χ0n) is 18.1. The highest BCUT2D eigenvalue weighted by Gasteiger charge is 2.14. The Kier molecular flexibility index (Phi) is 9.80. The van der Waals surface area contributed by atoms with Crippen LogP contribution in [0.5, 0.6) is 0 Å². The summed E-state index contributed by atoms with van der Waals surface area (Å²) in [4.78, 5) is 16.0. The van der Waals surface area contributed by atoms with Crippen molar-refractivity contribution in [1.82, 2.24) is 15.0 Å². The number of fused-ring (bicyclic) bond motifs is 1. The molecule has 0 spiro atoms. The summed E-state index contributed by atoms with van der Waals surface area (Å²) in [6, 6.07) is 6.29. The van der Waals surface area contributed by atoms with Gasteiger partial charge in [0.1, 0.15) is 22.2 Å². The molecule has 6 nitrogen and oxygen atoms in total. The minimum atomic E-state index is 0.819. The number of thiazole rings is 1. The van der Waals surface area contributed by atoms with Gasteiger partial charge in [0, 0.05) is 31.4 Å². The average molecular weight is 415 g/mol. The SMILES string of the molecule is CC.CCCN.CCNc1cc2sc(-c3ccc(N4CCCC4)nc3)nc2cn1. The number of anilines is 2. The molecule has 7 heteroatoms. The minimum Gasteiger partial charge on any atom is -0.370 e. The summed E-state index contributed by atoms with van der Waals surface area (Å²) in [6.07, 6.45) is 7.40. The number of aromatic nitrogens is 3. The van der Waals surface area contributed by atoms with E-state index in [9.17, 15) is 0 Å². The Bertz CT molecular complexity index is 838. The Labute approximate surface area is 178 Å². The van der Waals surface area contributed by atoms with Gasteiger partial charge in [0.2, 0.25) is 0 Å². The third kappa shape index (κ3) is 6.37. The van der Waals surface area contributed by atoms with Gasteiger partial charge in [-0.2, -0.15) is 0 Å². The summed E-state index contributed by atoms with van der Waals surface area (Å²) >= 11 is 1.68. The van der Waals surface area contributed by atoms with Crippen molar-refractivity contribution < 1.29 is 0 Å². The molecule has 1 saturated heterocycles. The lowest BCUT2D eigenvalue weighted by Crippen LogP contribution is -2.18. The highest BCUT2D eigenvalue weighted by Crippen LogP contribution is 2.31. The van der Waals surface area contributed by atoms with Crippen molar-refractivity contribution in [2.24, 2.45) is 5.73 Å². The van der Waals surface area contributed by atoms with Crippen molar-refractivity contribution in [2.45, 2.75) is 47.0 Å². The van der Waals surface area contributed by atoms with Crippen molar-refractivity contribution in [3.63, 3.8) is 0 Å². The highest BCUT2D eigenvalue weighted by molar-refractivity contribution is 7.21. The van der Waals surface area contributed by atoms with Crippen LogP contribution in [-0.4, -0.2) is 41.1 Å². The maximum absolute atomic E-state index is 5.03. The van der Waals surface area contributed by atoms with Crippen molar-refractivity contribution in [3.05, 3.63) is 30.6 Å². The van der Waals surface area contributed by atoms with Crippen LogP contribution in [0.4, 0.5) is 11.6 Å². The molecule has 3 N–H and O–H groups in total. The lowest BCUT2D eigenvalue weighted by atomic mass is 10.3. The first kappa shape index (κ1) is 23.0. The monoisotopic (exact) mass is 414 g/mol. The fourth-order valence-corrected chi connectivity index (χ4v) is 3.84. The number of nitrogens with one attached hydrogen (secondary N) is 1. The van der Waals surface area contributed by atoms with Gasteiger partial charge in [0.25, 0.3) is 0 Å². The van der Waals surface area contributed by atoms with Gasteiger partial charge in [-0.1, -0.05) is 20.8 Å². The van der Waals surface area contributed by atoms with Gasteiger partial charge in [0.15, 0.2) is 0 Å². The van der Waals surface area contributed by atoms with Crippen LogP contribution in [0.2, 0.25) is 0 Å². The fraction of sp³-hybridized carbons (Fsp3) is 0.500. The quantitative estimate of drug-likeness (QED) is 0.600. The highest BCUT2D eigenvalue weighted by atomic mass is 32.1. The third-order valence-corrected chi connectivity index (χ3v) is 5.41. The van der Waals surface area contributed by atoms with E-state index in [2.05, 4.69) is 57.2 Å². The molecule has 0 aliphatic carbocycles. The molecule has 0 radical (unpaired) electrons. The van der Waals surface area contributed by atoms with Gasteiger partial charge in [0.05, 0.1) is 10.9 Å². The molecule has 1 aliphatic heterocycles. The molecule has 4 rings (SSSR count). The number of hydrogen-bond donors (Lipinski definition) is 2. The first-order chi connectivity index (χ1) is 14.2. The Balaban J connectivity index is 0.000000449. The lowest BCUT2D eigenvalue weighted by Gasteiger charge is -2.15. The Morgan fingerprint density at radius 3 is 2.41 bits per heavy atom. The van der Waals surface area contributed by atoms with E-state index in [1.807, 2.05) is 26.2 Å². The van der Waals surface area contributed by atoms with Crippen LogP contribution < -0.4 is 16.0 Å². The molecular weight excluding hydrogens is 380 g/mol. The molecule has 158 valence electrons. The van der Waals surface area contributed by atoms with Crippen molar-refractivity contribution in [2.75, 3.05) is 36.4 Å². The molecule has 1 aliphatic rings. The molecule has 0 atom stereocenters. The summed E-state index contributed by atoms with van der Waals surface area (Å²) in [7, 11) is 0. The second-order valence-electron chi connectivity index (χ2n) is 6.47. The molecule has 0 bridgehead atoms. The molecule has 4 heterocycles. The molecule has 0 amide bonds. The van der Waals surface area contributed by atoms with Crippen molar-refractivity contribution in [1.29, 1.82) is 0 Å². The van der Waals surface area contributed by atoms with E-state index >= 15 is 0 Å². The number of pyridine rings is 2. The molecule has 3 aromatic rings. The van der Waals surface area contributed by atoms with Gasteiger partial charge < -0.3 is 16.0 Å². The number of nitrogens with zero attached hydrogens (tertiary/aromatic N) is 4. The largest absolute Gasteiger partial charge is 0.370 e. The van der Waals surface area contributed by atoms with Crippen molar-refractivity contribution >= 4 is 33.2 Å². The molecular formula is C22H34N6S. The van der Waals surface area contributed by atoms with Crippen LogP contribution >= 0.6 is 11.3 Å².